The summed E-state index contributed by atoms with van der Waals surface area (Å²) in [5, 5.41) is 10.4. The summed E-state index contributed by atoms with van der Waals surface area (Å²) in [5.74, 6) is 1.61. The molecule has 2 aromatic rings. The minimum atomic E-state index is -0.197. The summed E-state index contributed by atoms with van der Waals surface area (Å²) < 4.78 is 10.7. The lowest BCUT2D eigenvalue weighted by Gasteiger charge is -2.15. The van der Waals surface area contributed by atoms with E-state index in [0.29, 0.717) is 31.4 Å². The lowest BCUT2D eigenvalue weighted by atomic mass is 10.4. The van der Waals surface area contributed by atoms with Gasteiger partial charge in [-0.15, -0.1) is 10.2 Å². The van der Waals surface area contributed by atoms with Crippen molar-refractivity contribution in [3.8, 4) is 5.75 Å². The molecular formula is C14H19N5O3. The van der Waals surface area contributed by atoms with E-state index in [0.717, 1.165) is 5.75 Å². The number of aromatic nitrogens is 3. The highest BCUT2D eigenvalue weighted by atomic mass is 16.5. The second-order valence-corrected chi connectivity index (χ2v) is 4.69. The van der Waals surface area contributed by atoms with E-state index in [4.69, 9.17) is 9.15 Å². The van der Waals surface area contributed by atoms with Gasteiger partial charge < -0.3 is 19.4 Å². The molecule has 118 valence electrons. The Morgan fingerprint density at radius 3 is 3.00 bits per heavy atom. The topological polar surface area (TPSA) is 93.4 Å². The molecule has 0 aromatic carbocycles. The molecule has 2 rings (SSSR count). The molecule has 8 heteroatoms. The van der Waals surface area contributed by atoms with Crippen LogP contribution in [0.3, 0.4) is 0 Å². The van der Waals surface area contributed by atoms with Crippen molar-refractivity contribution in [1.29, 1.82) is 0 Å². The highest BCUT2D eigenvalue weighted by Gasteiger charge is 2.11. The Balaban J connectivity index is 1.61. The average molecular weight is 305 g/mol. The minimum Gasteiger partial charge on any atom is -0.492 e. The summed E-state index contributed by atoms with van der Waals surface area (Å²) in [6, 6.07) is 3.45. The first-order chi connectivity index (χ1) is 10.6. The number of hydrogen-bond donors (Lipinski definition) is 1. The van der Waals surface area contributed by atoms with Crippen LogP contribution in [0, 0.1) is 6.92 Å². The maximum absolute atomic E-state index is 11.9. The molecule has 0 saturated heterocycles. The van der Waals surface area contributed by atoms with Crippen molar-refractivity contribution in [1.82, 2.24) is 25.4 Å². The lowest BCUT2D eigenvalue weighted by Crippen LogP contribution is -2.37. The van der Waals surface area contributed by atoms with Crippen molar-refractivity contribution in [2.45, 2.75) is 19.9 Å². The Kier molecular flexibility index (Phi) is 5.70. The van der Waals surface area contributed by atoms with E-state index < -0.39 is 0 Å². The van der Waals surface area contributed by atoms with Crippen molar-refractivity contribution in [3.63, 3.8) is 0 Å². The normalized spacial score (nSPS) is 10.3. The van der Waals surface area contributed by atoms with Gasteiger partial charge in [0, 0.05) is 26.7 Å². The van der Waals surface area contributed by atoms with Gasteiger partial charge in [-0.25, -0.2) is 4.79 Å². The Morgan fingerprint density at radius 1 is 1.45 bits per heavy atom. The fourth-order valence-corrected chi connectivity index (χ4v) is 1.70. The monoisotopic (exact) mass is 305 g/mol. The Bertz CT molecular complexity index is 587. The number of hydrogen-bond acceptors (Lipinski definition) is 6. The first kappa shape index (κ1) is 15.7. The Hall–Kier alpha value is -2.64. The molecule has 0 aliphatic rings. The molecule has 0 bridgehead atoms. The first-order valence-corrected chi connectivity index (χ1v) is 6.96. The molecule has 0 spiro atoms. The number of nitrogens with zero attached hydrogens (tertiary/aromatic N) is 4. The first-order valence-electron chi connectivity index (χ1n) is 6.96. The molecule has 22 heavy (non-hydrogen) atoms. The standard InChI is InChI=1S/C14H19N5O3/c1-11-17-18-13(22-11)10-19(2)14(20)16-7-4-8-21-12-5-3-6-15-9-12/h3,5-6,9H,4,7-8,10H2,1-2H3,(H,16,20). The van der Waals surface area contributed by atoms with Gasteiger partial charge in [0.25, 0.3) is 0 Å². The minimum absolute atomic E-state index is 0.197. The maximum Gasteiger partial charge on any atom is 0.317 e. The molecule has 0 aliphatic heterocycles. The van der Waals surface area contributed by atoms with Gasteiger partial charge in [0.15, 0.2) is 0 Å². The summed E-state index contributed by atoms with van der Waals surface area (Å²) in [4.78, 5) is 17.3. The number of carbonyl (C=O) groups is 1. The zero-order chi connectivity index (χ0) is 15.8. The van der Waals surface area contributed by atoms with E-state index >= 15 is 0 Å². The van der Waals surface area contributed by atoms with Gasteiger partial charge >= 0.3 is 6.03 Å². The molecule has 2 heterocycles. The van der Waals surface area contributed by atoms with E-state index in [-0.39, 0.29) is 12.6 Å². The molecule has 0 atom stereocenters. The van der Waals surface area contributed by atoms with Crippen molar-refractivity contribution < 1.29 is 13.9 Å². The van der Waals surface area contributed by atoms with Crippen molar-refractivity contribution in [2.24, 2.45) is 0 Å². The van der Waals surface area contributed by atoms with Crippen LogP contribution < -0.4 is 10.1 Å². The van der Waals surface area contributed by atoms with Gasteiger partial charge in [-0.1, -0.05) is 0 Å². The third-order valence-corrected chi connectivity index (χ3v) is 2.79. The number of ether oxygens (including phenoxy) is 1. The predicted octanol–water partition coefficient (Wildman–Crippen LogP) is 1.38. The molecular weight excluding hydrogens is 286 g/mol. The molecule has 0 saturated carbocycles. The van der Waals surface area contributed by atoms with Gasteiger partial charge in [-0.2, -0.15) is 0 Å². The van der Waals surface area contributed by atoms with Gasteiger partial charge in [0.1, 0.15) is 12.3 Å². The largest absolute Gasteiger partial charge is 0.492 e. The van der Waals surface area contributed by atoms with Gasteiger partial charge in [0.2, 0.25) is 11.8 Å². The molecule has 1 N–H and O–H groups in total. The second-order valence-electron chi connectivity index (χ2n) is 4.69. The summed E-state index contributed by atoms with van der Waals surface area (Å²) in [5.41, 5.74) is 0. The van der Waals surface area contributed by atoms with Crippen LogP contribution in [-0.4, -0.2) is 46.3 Å². The van der Waals surface area contributed by atoms with Crippen LogP contribution in [0.15, 0.2) is 28.9 Å². The van der Waals surface area contributed by atoms with Crippen LogP contribution in [0.5, 0.6) is 5.75 Å². The maximum atomic E-state index is 11.9. The van der Waals surface area contributed by atoms with Crippen LogP contribution in [0.2, 0.25) is 0 Å². The fourth-order valence-electron chi connectivity index (χ4n) is 1.70. The molecule has 8 nitrogen and oxygen atoms in total. The third-order valence-electron chi connectivity index (χ3n) is 2.79. The van der Waals surface area contributed by atoms with Crippen molar-refractivity contribution >= 4 is 6.03 Å². The quantitative estimate of drug-likeness (QED) is 0.777. The number of rotatable bonds is 7. The van der Waals surface area contributed by atoms with Crippen molar-refractivity contribution in [3.05, 3.63) is 36.3 Å². The summed E-state index contributed by atoms with van der Waals surface area (Å²) in [6.45, 7) is 3.02. The molecule has 2 amide bonds. The number of nitrogens with one attached hydrogen (secondary N) is 1. The average Bonchev–Trinajstić information content (AvgIpc) is 2.92. The van der Waals surface area contributed by atoms with Gasteiger partial charge in [0.05, 0.1) is 12.8 Å². The number of urea groups is 1. The number of aryl methyl sites for hydroxylation is 1. The molecule has 0 radical (unpaired) electrons. The van der Waals surface area contributed by atoms with E-state index in [1.54, 1.807) is 26.4 Å². The fraction of sp³-hybridized carbons (Fsp3) is 0.429. The smallest absolute Gasteiger partial charge is 0.317 e. The van der Waals surface area contributed by atoms with E-state index in [1.165, 1.54) is 4.90 Å². The number of carbonyl (C=O) groups excluding carboxylic acids is 1. The zero-order valence-electron chi connectivity index (χ0n) is 12.7. The zero-order valence-corrected chi connectivity index (χ0v) is 12.7. The SMILES string of the molecule is Cc1nnc(CN(C)C(=O)NCCCOc2cccnc2)o1. The highest BCUT2D eigenvalue weighted by molar-refractivity contribution is 5.73. The second kappa shape index (κ2) is 7.96. The summed E-state index contributed by atoms with van der Waals surface area (Å²) >= 11 is 0. The van der Waals surface area contributed by atoms with Crippen LogP contribution in [0.1, 0.15) is 18.2 Å². The predicted molar refractivity (Wildman–Crippen MR) is 78.2 cm³/mol. The molecule has 0 fully saturated rings. The molecule has 0 unspecified atom stereocenters. The number of pyridine rings is 1. The Labute approximate surface area is 128 Å². The summed E-state index contributed by atoms with van der Waals surface area (Å²) in [7, 11) is 1.67. The van der Waals surface area contributed by atoms with Crippen LogP contribution >= 0.6 is 0 Å². The lowest BCUT2D eigenvalue weighted by molar-refractivity contribution is 0.200. The molecule has 2 aromatic heterocycles. The van der Waals surface area contributed by atoms with E-state index in [2.05, 4.69) is 20.5 Å². The van der Waals surface area contributed by atoms with Gasteiger partial charge in [-0.3, -0.25) is 4.98 Å². The van der Waals surface area contributed by atoms with Crippen LogP contribution in [0.4, 0.5) is 4.79 Å². The van der Waals surface area contributed by atoms with Crippen LogP contribution in [0.25, 0.3) is 0 Å². The van der Waals surface area contributed by atoms with Crippen molar-refractivity contribution in [2.75, 3.05) is 20.2 Å². The highest BCUT2D eigenvalue weighted by Crippen LogP contribution is 2.06. The number of amides is 2. The van der Waals surface area contributed by atoms with E-state index in [9.17, 15) is 4.79 Å². The summed E-state index contributed by atoms with van der Waals surface area (Å²) in [6.07, 6.45) is 4.04. The molecule has 0 aliphatic carbocycles. The Morgan fingerprint density at radius 2 is 2.32 bits per heavy atom. The van der Waals surface area contributed by atoms with Gasteiger partial charge in [-0.05, 0) is 18.6 Å². The van der Waals surface area contributed by atoms with Crippen LogP contribution in [-0.2, 0) is 6.54 Å². The van der Waals surface area contributed by atoms with E-state index in [1.807, 2.05) is 12.1 Å². The third kappa shape index (κ3) is 5.04.